The van der Waals surface area contributed by atoms with Crippen LogP contribution in [0.1, 0.15) is 39.8 Å². The minimum Gasteiger partial charge on any atom is -0.496 e. The van der Waals surface area contributed by atoms with Crippen LogP contribution >= 0.6 is 0 Å². The number of aryl methyl sites for hydroxylation is 1. The van der Waals surface area contributed by atoms with Crippen molar-refractivity contribution in [3.63, 3.8) is 0 Å². The van der Waals surface area contributed by atoms with Gasteiger partial charge in [-0.25, -0.2) is 0 Å². The molecule has 0 N–H and O–H groups in total. The topological polar surface area (TPSA) is 44.1 Å². The van der Waals surface area contributed by atoms with Crippen molar-refractivity contribution in [3.8, 4) is 5.75 Å². The summed E-state index contributed by atoms with van der Waals surface area (Å²) in [6.07, 6.45) is 1.82. The highest BCUT2D eigenvalue weighted by Crippen LogP contribution is 2.22. The van der Waals surface area contributed by atoms with Crippen LogP contribution in [-0.4, -0.2) is 23.2 Å². The van der Waals surface area contributed by atoms with Crippen LogP contribution in [0.2, 0.25) is 0 Å². The Hall–Kier alpha value is -2.10. The Morgan fingerprint density at radius 2 is 2.10 bits per heavy atom. The molecule has 0 aliphatic rings. The van der Waals surface area contributed by atoms with Gasteiger partial charge in [0.25, 0.3) is 0 Å². The largest absolute Gasteiger partial charge is 0.496 e. The zero-order valence-corrected chi connectivity index (χ0v) is 12.4. The molecule has 0 aliphatic heterocycles. The predicted molar refractivity (Wildman–Crippen MR) is 78.6 cm³/mol. The summed E-state index contributed by atoms with van der Waals surface area (Å²) < 4.78 is 7.34. The lowest BCUT2D eigenvalue weighted by molar-refractivity contribution is 0.112. The molecule has 0 saturated carbocycles. The Labute approximate surface area is 119 Å². The van der Waals surface area contributed by atoms with Gasteiger partial charge in [-0.2, -0.15) is 5.10 Å². The molecule has 0 fully saturated rings. The number of benzene rings is 1. The van der Waals surface area contributed by atoms with E-state index in [9.17, 15) is 4.79 Å². The number of nitrogens with zero attached hydrogens (tertiary/aromatic N) is 2. The van der Waals surface area contributed by atoms with Crippen molar-refractivity contribution in [3.05, 3.63) is 46.3 Å². The number of carbonyl (C=O) groups excluding carboxylic acids is 1. The van der Waals surface area contributed by atoms with E-state index in [0.717, 1.165) is 29.7 Å². The van der Waals surface area contributed by atoms with E-state index >= 15 is 0 Å². The number of methoxy groups -OCH3 is 1. The summed E-state index contributed by atoms with van der Waals surface area (Å²) in [4.78, 5) is 10.9. The van der Waals surface area contributed by atoms with Crippen molar-refractivity contribution in [1.29, 1.82) is 0 Å². The molecule has 0 amide bonds. The number of ether oxygens (including phenoxy) is 1. The Bertz CT molecular complexity index is 630. The number of carbonyl (C=O) groups is 1. The molecule has 1 heterocycles. The molecule has 1 aromatic heterocycles. The second-order valence-electron chi connectivity index (χ2n) is 4.85. The SMILES string of the molecule is CCc1c(C)nn(Cc2cc(C=O)ccc2OC)c1C. The van der Waals surface area contributed by atoms with Crippen LogP contribution in [0, 0.1) is 13.8 Å². The average molecular weight is 272 g/mol. The Balaban J connectivity index is 2.41. The maximum Gasteiger partial charge on any atom is 0.150 e. The molecule has 4 heteroatoms. The van der Waals surface area contributed by atoms with Gasteiger partial charge in [0.05, 0.1) is 19.3 Å². The fourth-order valence-corrected chi connectivity index (χ4v) is 2.56. The molecule has 20 heavy (non-hydrogen) atoms. The zero-order valence-electron chi connectivity index (χ0n) is 12.4. The van der Waals surface area contributed by atoms with Gasteiger partial charge in [-0.05, 0) is 44.0 Å². The number of aromatic nitrogens is 2. The number of hydrogen-bond acceptors (Lipinski definition) is 3. The molecule has 2 rings (SSSR count). The molecule has 0 unspecified atom stereocenters. The molecule has 0 spiro atoms. The average Bonchev–Trinajstić information content (AvgIpc) is 2.72. The van der Waals surface area contributed by atoms with Gasteiger partial charge in [-0.1, -0.05) is 6.92 Å². The van der Waals surface area contributed by atoms with E-state index in [2.05, 4.69) is 18.9 Å². The van der Waals surface area contributed by atoms with E-state index in [1.54, 1.807) is 13.2 Å². The smallest absolute Gasteiger partial charge is 0.150 e. The van der Waals surface area contributed by atoms with Crippen LogP contribution in [-0.2, 0) is 13.0 Å². The molecule has 1 aromatic carbocycles. The number of hydrogen-bond donors (Lipinski definition) is 0. The molecule has 4 nitrogen and oxygen atoms in total. The number of rotatable bonds is 5. The van der Waals surface area contributed by atoms with Crippen LogP contribution in [0.25, 0.3) is 0 Å². The van der Waals surface area contributed by atoms with Gasteiger partial charge in [-0.15, -0.1) is 0 Å². The van der Waals surface area contributed by atoms with Gasteiger partial charge in [0.1, 0.15) is 12.0 Å². The molecular weight excluding hydrogens is 252 g/mol. The summed E-state index contributed by atoms with van der Waals surface area (Å²) in [5.41, 5.74) is 5.14. The summed E-state index contributed by atoms with van der Waals surface area (Å²) in [5.74, 6) is 0.779. The summed E-state index contributed by atoms with van der Waals surface area (Å²) in [5, 5.41) is 4.58. The summed E-state index contributed by atoms with van der Waals surface area (Å²) in [6.45, 7) is 6.85. The first-order valence-corrected chi connectivity index (χ1v) is 6.75. The molecule has 0 radical (unpaired) electrons. The van der Waals surface area contributed by atoms with Gasteiger partial charge >= 0.3 is 0 Å². The molecule has 0 saturated heterocycles. The lowest BCUT2D eigenvalue weighted by Crippen LogP contribution is -2.06. The minimum absolute atomic E-state index is 0.609. The minimum atomic E-state index is 0.609. The van der Waals surface area contributed by atoms with Crippen molar-refractivity contribution in [2.24, 2.45) is 0 Å². The van der Waals surface area contributed by atoms with E-state index < -0.39 is 0 Å². The second kappa shape index (κ2) is 5.90. The third kappa shape index (κ3) is 2.59. The third-order valence-corrected chi connectivity index (χ3v) is 3.65. The molecule has 0 atom stereocenters. The van der Waals surface area contributed by atoms with Gasteiger partial charge in [-0.3, -0.25) is 9.48 Å². The first-order chi connectivity index (χ1) is 9.60. The monoisotopic (exact) mass is 272 g/mol. The first kappa shape index (κ1) is 14.3. The van der Waals surface area contributed by atoms with Crippen molar-refractivity contribution < 1.29 is 9.53 Å². The maximum atomic E-state index is 10.9. The maximum absolute atomic E-state index is 10.9. The van der Waals surface area contributed by atoms with Crippen molar-refractivity contribution >= 4 is 6.29 Å². The molecule has 0 aliphatic carbocycles. The Morgan fingerprint density at radius 3 is 2.65 bits per heavy atom. The van der Waals surface area contributed by atoms with Crippen LogP contribution in [0.4, 0.5) is 0 Å². The van der Waals surface area contributed by atoms with Gasteiger partial charge < -0.3 is 4.74 Å². The van der Waals surface area contributed by atoms with Gasteiger partial charge in [0.15, 0.2) is 0 Å². The normalized spacial score (nSPS) is 10.6. The van der Waals surface area contributed by atoms with Crippen LogP contribution in [0.3, 0.4) is 0 Å². The highest BCUT2D eigenvalue weighted by molar-refractivity contribution is 5.75. The van der Waals surface area contributed by atoms with E-state index in [-0.39, 0.29) is 0 Å². The Kier molecular flexibility index (Phi) is 4.23. The van der Waals surface area contributed by atoms with Gasteiger partial charge in [0.2, 0.25) is 0 Å². The van der Waals surface area contributed by atoms with Gasteiger partial charge in [0, 0.05) is 16.8 Å². The van der Waals surface area contributed by atoms with Crippen molar-refractivity contribution in [2.75, 3.05) is 7.11 Å². The Morgan fingerprint density at radius 1 is 1.35 bits per heavy atom. The van der Waals surface area contributed by atoms with Crippen LogP contribution < -0.4 is 4.74 Å². The van der Waals surface area contributed by atoms with E-state index in [1.165, 1.54) is 11.3 Å². The quantitative estimate of drug-likeness (QED) is 0.786. The van der Waals surface area contributed by atoms with Crippen molar-refractivity contribution in [2.45, 2.75) is 33.7 Å². The van der Waals surface area contributed by atoms with Crippen LogP contribution in [0.5, 0.6) is 5.75 Å². The predicted octanol–water partition coefficient (Wildman–Crippen LogP) is 2.93. The van der Waals surface area contributed by atoms with Crippen LogP contribution in [0.15, 0.2) is 18.2 Å². The molecule has 2 aromatic rings. The standard InChI is InChI=1S/C16H20N2O2/c1-5-15-11(2)17-18(12(15)3)9-14-8-13(10-19)6-7-16(14)20-4/h6-8,10H,5,9H2,1-4H3. The first-order valence-electron chi connectivity index (χ1n) is 6.75. The molecule has 0 bridgehead atoms. The summed E-state index contributed by atoms with van der Waals surface area (Å²) >= 11 is 0. The second-order valence-corrected chi connectivity index (χ2v) is 4.85. The number of aldehydes is 1. The summed E-state index contributed by atoms with van der Waals surface area (Å²) in [7, 11) is 1.64. The highest BCUT2D eigenvalue weighted by atomic mass is 16.5. The lowest BCUT2D eigenvalue weighted by Gasteiger charge is -2.10. The van der Waals surface area contributed by atoms with E-state index in [0.29, 0.717) is 12.1 Å². The fraction of sp³-hybridized carbons (Fsp3) is 0.375. The summed E-state index contributed by atoms with van der Waals surface area (Å²) in [6, 6.07) is 5.44. The fourth-order valence-electron chi connectivity index (χ4n) is 2.56. The lowest BCUT2D eigenvalue weighted by atomic mass is 10.1. The molecule has 106 valence electrons. The van der Waals surface area contributed by atoms with E-state index in [1.807, 2.05) is 23.7 Å². The zero-order chi connectivity index (χ0) is 14.7. The molecular formula is C16H20N2O2. The van der Waals surface area contributed by atoms with Crippen molar-refractivity contribution in [1.82, 2.24) is 9.78 Å². The van der Waals surface area contributed by atoms with E-state index in [4.69, 9.17) is 4.74 Å². The highest BCUT2D eigenvalue weighted by Gasteiger charge is 2.12. The third-order valence-electron chi connectivity index (χ3n) is 3.65.